The number of unbranched alkanes of at least 4 members (excludes halogenated alkanes) is 2. The summed E-state index contributed by atoms with van der Waals surface area (Å²) in [7, 11) is 0. The van der Waals surface area contributed by atoms with E-state index in [0.717, 1.165) is 133 Å². The molecule has 0 saturated carbocycles. The fraction of sp³-hybridized carbons (Fsp3) is 0.538. The zero-order valence-electron chi connectivity index (χ0n) is 37.5. The lowest BCUT2D eigenvalue weighted by molar-refractivity contribution is -0.0658. The second kappa shape index (κ2) is 19.7. The number of carbonyl (C=O) groups excluding carboxylic acids is 2. The van der Waals surface area contributed by atoms with Crippen molar-refractivity contribution in [3.63, 3.8) is 0 Å². The Morgan fingerprint density at radius 3 is 1.51 bits per heavy atom. The quantitative estimate of drug-likeness (QED) is 0.0624. The van der Waals surface area contributed by atoms with Crippen LogP contribution in [0.1, 0.15) is 135 Å². The van der Waals surface area contributed by atoms with Gasteiger partial charge in [0.1, 0.15) is 33.5 Å². The molecule has 10 atom stereocenters. The first kappa shape index (κ1) is 43.7. The van der Waals surface area contributed by atoms with Gasteiger partial charge in [0.2, 0.25) is 0 Å². The number of esters is 2. The highest BCUT2D eigenvalue weighted by Gasteiger charge is 2.46. The van der Waals surface area contributed by atoms with Gasteiger partial charge < -0.3 is 18.9 Å². The van der Waals surface area contributed by atoms with E-state index in [1.807, 2.05) is 48.8 Å². The van der Waals surface area contributed by atoms with Gasteiger partial charge in [0, 0.05) is 47.4 Å². The van der Waals surface area contributed by atoms with Crippen LogP contribution in [0.5, 0.6) is 11.5 Å². The number of ether oxygens (including phenoxy) is 4. The molecule has 6 saturated heterocycles. The van der Waals surface area contributed by atoms with Crippen LogP contribution in [-0.2, 0) is 9.47 Å². The van der Waals surface area contributed by atoms with Gasteiger partial charge in [-0.3, -0.25) is 19.8 Å². The van der Waals surface area contributed by atoms with Gasteiger partial charge in [0.15, 0.2) is 0 Å². The topological polar surface area (TPSA) is 103 Å². The van der Waals surface area contributed by atoms with Crippen LogP contribution in [0.15, 0.2) is 73.1 Å². The SMILES string of the molecule is CCCCOc1ccc2nccc([C@@H](OC(=O)c3ccc(C(=O)O[C@@H](c4ccnc5ccc(OCCCC)cc45)[C@@H]4C[C@H]5CCN4C[C@@H]5CC)s3)[C@@H]3C[C@H]4CCN3C[C@@H]4CC)c2c1. The van der Waals surface area contributed by atoms with Crippen molar-refractivity contribution in [2.75, 3.05) is 39.4 Å². The second-order valence-electron chi connectivity index (χ2n) is 18.4. The molecule has 334 valence electrons. The summed E-state index contributed by atoms with van der Waals surface area (Å²) < 4.78 is 25.7. The van der Waals surface area contributed by atoms with Gasteiger partial charge in [-0.1, -0.05) is 53.4 Å². The molecule has 6 fully saturated rings. The van der Waals surface area contributed by atoms with Gasteiger partial charge in [-0.25, -0.2) is 9.59 Å². The van der Waals surface area contributed by atoms with E-state index in [9.17, 15) is 9.59 Å². The van der Waals surface area contributed by atoms with Crippen molar-refractivity contribution in [1.82, 2.24) is 19.8 Å². The predicted octanol–water partition coefficient (Wildman–Crippen LogP) is 11.2. The maximum absolute atomic E-state index is 14.5. The van der Waals surface area contributed by atoms with Crippen LogP contribution in [0.3, 0.4) is 0 Å². The first-order valence-electron chi connectivity index (χ1n) is 23.9. The molecule has 2 unspecified atom stereocenters. The number of fused-ring (bicyclic) bond motifs is 8. The Hall–Kier alpha value is -4.58. The van der Waals surface area contributed by atoms with E-state index in [-0.39, 0.29) is 12.1 Å². The van der Waals surface area contributed by atoms with Crippen LogP contribution >= 0.6 is 11.3 Å². The van der Waals surface area contributed by atoms with E-state index < -0.39 is 24.1 Å². The minimum Gasteiger partial charge on any atom is -0.494 e. The molecule has 0 N–H and O–H groups in total. The Morgan fingerprint density at radius 1 is 0.651 bits per heavy atom. The summed E-state index contributed by atoms with van der Waals surface area (Å²) in [4.78, 5) is 44.2. The zero-order chi connectivity index (χ0) is 43.5. The van der Waals surface area contributed by atoms with Crippen LogP contribution in [0.25, 0.3) is 21.8 Å². The van der Waals surface area contributed by atoms with Crippen LogP contribution < -0.4 is 9.47 Å². The summed E-state index contributed by atoms with van der Waals surface area (Å²) in [5, 5.41) is 1.86. The molecule has 6 aliphatic rings. The molecule has 4 bridgehead atoms. The van der Waals surface area contributed by atoms with Crippen molar-refractivity contribution in [2.24, 2.45) is 23.7 Å². The molecule has 6 aliphatic heterocycles. The number of piperidine rings is 6. The molecular formula is C52H64N4O6S. The monoisotopic (exact) mass is 872 g/mol. The number of hydrogen-bond acceptors (Lipinski definition) is 11. The molecule has 10 nitrogen and oxygen atoms in total. The van der Waals surface area contributed by atoms with Crippen LogP contribution in [0.4, 0.5) is 0 Å². The normalized spacial score (nSPS) is 26.1. The van der Waals surface area contributed by atoms with E-state index in [0.29, 0.717) is 46.6 Å². The minimum absolute atomic E-state index is 0.0248. The average Bonchev–Trinajstić information content (AvgIpc) is 3.84. The Kier molecular flexibility index (Phi) is 13.6. The molecule has 0 spiro atoms. The molecule has 9 heterocycles. The first-order chi connectivity index (χ1) is 30.8. The molecule has 11 rings (SSSR count). The van der Waals surface area contributed by atoms with Crippen molar-refractivity contribution in [3.8, 4) is 11.5 Å². The van der Waals surface area contributed by atoms with E-state index in [1.165, 1.54) is 12.8 Å². The molecular weight excluding hydrogens is 809 g/mol. The Balaban J connectivity index is 1.00. The maximum Gasteiger partial charge on any atom is 0.348 e. The molecule has 63 heavy (non-hydrogen) atoms. The summed E-state index contributed by atoms with van der Waals surface area (Å²) in [6, 6.07) is 19.6. The Bertz CT molecular complexity index is 2220. The highest BCUT2D eigenvalue weighted by atomic mass is 32.1. The summed E-state index contributed by atoms with van der Waals surface area (Å²) in [5.74, 6) is 3.17. The number of carbonyl (C=O) groups is 2. The number of pyridine rings is 2. The van der Waals surface area contributed by atoms with Crippen LogP contribution in [0, 0.1) is 23.7 Å². The van der Waals surface area contributed by atoms with Crippen LogP contribution in [0.2, 0.25) is 0 Å². The standard InChI is InChI=1S/C52H64N4O6S/c1-5-9-25-59-37-11-13-43-41(29-37)39(17-21-53-43)49(45-27-35-19-23-55(45)31-33(35)7-3)61-51(57)47-15-16-48(63-47)52(58)62-50(46-28-36-20-24-56(46)32-34(36)8-4)40-18-22-54-44-14-12-38(30-42(40)44)60-26-10-6-2/h11-18,21-22,29-30,33-36,45-46,49-50H,5-10,19-20,23-28,31-32H2,1-4H3/t33-,34-,35+,36+,45-,46-,49-,50+/m0/s1. The van der Waals surface area contributed by atoms with Crippen molar-refractivity contribution >= 4 is 45.1 Å². The van der Waals surface area contributed by atoms with Gasteiger partial charge >= 0.3 is 11.9 Å². The maximum atomic E-state index is 14.5. The third kappa shape index (κ3) is 9.20. The lowest BCUT2D eigenvalue weighted by Crippen LogP contribution is -2.55. The molecule has 0 aliphatic carbocycles. The second-order valence-corrected chi connectivity index (χ2v) is 19.5. The average molecular weight is 873 g/mol. The van der Waals surface area contributed by atoms with E-state index >= 15 is 0 Å². The van der Waals surface area contributed by atoms with E-state index in [4.69, 9.17) is 28.9 Å². The molecule has 5 aromatic rings. The molecule has 0 radical (unpaired) electrons. The number of rotatable bonds is 18. The summed E-state index contributed by atoms with van der Waals surface area (Å²) >= 11 is 1.15. The number of nitrogens with zero attached hydrogens (tertiary/aromatic N) is 4. The highest BCUT2D eigenvalue weighted by molar-refractivity contribution is 7.15. The van der Waals surface area contributed by atoms with Gasteiger partial charge in [-0.05, 0) is 136 Å². The minimum atomic E-state index is -0.532. The van der Waals surface area contributed by atoms with Crippen molar-refractivity contribution in [1.29, 1.82) is 0 Å². The Morgan fingerprint density at radius 2 is 1.11 bits per heavy atom. The molecule has 0 amide bonds. The summed E-state index contributed by atoms with van der Waals surface area (Å²) in [6.07, 6.45) is 13.2. The summed E-state index contributed by atoms with van der Waals surface area (Å²) in [5.41, 5.74) is 3.54. The van der Waals surface area contributed by atoms with Gasteiger partial charge in [0.25, 0.3) is 0 Å². The lowest BCUT2D eigenvalue weighted by Gasteiger charge is -2.51. The van der Waals surface area contributed by atoms with Gasteiger partial charge in [-0.15, -0.1) is 11.3 Å². The van der Waals surface area contributed by atoms with E-state index in [2.05, 4.69) is 49.6 Å². The molecule has 2 aromatic carbocycles. The summed E-state index contributed by atoms with van der Waals surface area (Å²) in [6.45, 7) is 14.2. The van der Waals surface area contributed by atoms with Crippen molar-refractivity contribution in [2.45, 2.75) is 116 Å². The molecule has 11 heteroatoms. The fourth-order valence-electron chi connectivity index (χ4n) is 11.2. The van der Waals surface area contributed by atoms with Crippen molar-refractivity contribution < 1.29 is 28.5 Å². The smallest absolute Gasteiger partial charge is 0.348 e. The third-order valence-corrected chi connectivity index (χ3v) is 15.8. The van der Waals surface area contributed by atoms with Gasteiger partial charge in [-0.2, -0.15) is 0 Å². The number of aromatic nitrogens is 2. The largest absolute Gasteiger partial charge is 0.494 e. The third-order valence-electron chi connectivity index (χ3n) is 14.7. The van der Waals surface area contributed by atoms with Crippen LogP contribution in [-0.4, -0.2) is 83.2 Å². The fourth-order valence-corrected chi connectivity index (χ4v) is 11.9. The predicted molar refractivity (Wildman–Crippen MR) is 249 cm³/mol. The lowest BCUT2D eigenvalue weighted by atomic mass is 9.72. The molecule has 3 aromatic heterocycles. The number of hydrogen-bond donors (Lipinski definition) is 0. The first-order valence-corrected chi connectivity index (χ1v) is 24.7. The number of thiophene rings is 1. The van der Waals surface area contributed by atoms with Crippen molar-refractivity contribution in [3.05, 3.63) is 93.9 Å². The zero-order valence-corrected chi connectivity index (χ0v) is 38.3. The van der Waals surface area contributed by atoms with Gasteiger partial charge in [0.05, 0.1) is 36.3 Å². The highest BCUT2D eigenvalue weighted by Crippen LogP contribution is 2.47. The Labute approximate surface area is 376 Å². The van der Waals surface area contributed by atoms with E-state index in [1.54, 1.807) is 12.1 Å². The number of benzene rings is 2.